The molecule has 0 saturated carbocycles. The van der Waals surface area contributed by atoms with E-state index in [0.29, 0.717) is 5.82 Å². The highest BCUT2D eigenvalue weighted by atomic mass is 15.5. The maximum Gasteiger partial charge on any atom is 0.204 e. The van der Waals surface area contributed by atoms with Crippen molar-refractivity contribution in [1.29, 1.82) is 0 Å². The summed E-state index contributed by atoms with van der Waals surface area (Å²) in [5.74, 6) is 1.61. The van der Waals surface area contributed by atoms with Crippen molar-refractivity contribution in [3.8, 4) is 22.6 Å². The van der Waals surface area contributed by atoms with E-state index in [9.17, 15) is 0 Å². The summed E-state index contributed by atoms with van der Waals surface area (Å²) in [6, 6.07) is 8.04. The second-order valence-electron chi connectivity index (χ2n) is 6.11. The van der Waals surface area contributed by atoms with Gasteiger partial charge in [-0.05, 0) is 24.6 Å². The minimum atomic E-state index is 0.0360. The number of imidazole rings is 1. The zero-order valence-corrected chi connectivity index (χ0v) is 13.3. The average molecular weight is 296 g/mol. The molecule has 2 aromatic heterocycles. The Bertz CT molecular complexity index is 770. The monoisotopic (exact) mass is 296 g/mol. The smallest absolute Gasteiger partial charge is 0.204 e. The summed E-state index contributed by atoms with van der Waals surface area (Å²) in [5, 5.41) is 14.1. The second kappa shape index (κ2) is 5.36. The largest absolute Gasteiger partial charge is 0.345 e. The van der Waals surface area contributed by atoms with Crippen LogP contribution >= 0.6 is 0 Å². The van der Waals surface area contributed by atoms with Crippen LogP contribution in [0.25, 0.3) is 22.6 Å². The third kappa shape index (κ3) is 2.52. The molecule has 6 nitrogen and oxygen atoms in total. The molecule has 0 amide bonds. The van der Waals surface area contributed by atoms with Crippen molar-refractivity contribution in [1.82, 2.24) is 30.6 Å². The third-order valence-electron chi connectivity index (χ3n) is 4.15. The average Bonchev–Trinajstić information content (AvgIpc) is 3.17. The Kier molecular flexibility index (Phi) is 3.52. The van der Waals surface area contributed by atoms with Gasteiger partial charge < -0.3 is 4.98 Å². The minimum absolute atomic E-state index is 0.0360. The predicted octanol–water partition coefficient (Wildman–Crippen LogP) is 3.25. The van der Waals surface area contributed by atoms with Crippen LogP contribution in [0.3, 0.4) is 0 Å². The summed E-state index contributed by atoms with van der Waals surface area (Å²) in [6.45, 7) is 8.63. The van der Waals surface area contributed by atoms with E-state index >= 15 is 0 Å². The summed E-state index contributed by atoms with van der Waals surface area (Å²) in [7, 11) is 0. The number of tetrazole rings is 1. The lowest BCUT2D eigenvalue weighted by molar-refractivity contribution is 0.477. The van der Waals surface area contributed by atoms with Gasteiger partial charge in [-0.2, -0.15) is 5.21 Å². The molecular formula is C16H20N6. The van der Waals surface area contributed by atoms with Crippen molar-refractivity contribution in [3.63, 3.8) is 0 Å². The van der Waals surface area contributed by atoms with Crippen molar-refractivity contribution in [2.75, 3.05) is 0 Å². The molecule has 0 bridgehead atoms. The van der Waals surface area contributed by atoms with Crippen LogP contribution in [-0.4, -0.2) is 30.6 Å². The number of aromatic amines is 2. The standard InChI is InChI=1S/C16H20N6/c1-5-16(3,4)15-17-10(2)13(18-15)11-7-6-8-12(9-11)14-19-21-22-20-14/h6-9H,5H2,1-4H3,(H,17,18)(H,19,20,21,22). The SMILES string of the molecule is CCC(C)(C)c1nc(-c2cccc(-c3nn[nH]n3)c2)c(C)[nH]1. The molecule has 0 aliphatic heterocycles. The molecule has 0 aliphatic rings. The summed E-state index contributed by atoms with van der Waals surface area (Å²) < 4.78 is 0. The van der Waals surface area contributed by atoms with E-state index < -0.39 is 0 Å². The van der Waals surface area contributed by atoms with E-state index in [0.717, 1.165) is 34.8 Å². The fourth-order valence-electron chi connectivity index (χ4n) is 2.32. The Labute approximate surface area is 129 Å². The highest BCUT2D eigenvalue weighted by Gasteiger charge is 2.23. The summed E-state index contributed by atoms with van der Waals surface area (Å²) >= 11 is 0. The van der Waals surface area contributed by atoms with Crippen LogP contribution in [0.5, 0.6) is 0 Å². The molecule has 0 radical (unpaired) electrons. The lowest BCUT2D eigenvalue weighted by Crippen LogP contribution is -2.17. The Balaban J connectivity index is 2.03. The van der Waals surface area contributed by atoms with Crippen LogP contribution < -0.4 is 0 Å². The van der Waals surface area contributed by atoms with Crippen molar-refractivity contribution in [2.45, 2.75) is 39.5 Å². The number of H-pyrrole nitrogens is 2. The minimum Gasteiger partial charge on any atom is -0.345 e. The predicted molar refractivity (Wildman–Crippen MR) is 85.2 cm³/mol. The van der Waals surface area contributed by atoms with E-state index in [1.54, 1.807) is 0 Å². The first-order chi connectivity index (χ1) is 10.5. The quantitative estimate of drug-likeness (QED) is 0.774. The van der Waals surface area contributed by atoms with Gasteiger partial charge in [0.1, 0.15) is 5.82 Å². The zero-order chi connectivity index (χ0) is 15.7. The van der Waals surface area contributed by atoms with Crippen LogP contribution in [-0.2, 0) is 5.41 Å². The summed E-state index contributed by atoms with van der Waals surface area (Å²) in [5.41, 5.74) is 4.05. The van der Waals surface area contributed by atoms with Crippen molar-refractivity contribution >= 4 is 0 Å². The van der Waals surface area contributed by atoms with Gasteiger partial charge in [-0.1, -0.05) is 39.0 Å². The number of hydrogen-bond acceptors (Lipinski definition) is 4. The molecule has 0 aliphatic carbocycles. The molecule has 3 aromatic rings. The first-order valence-electron chi connectivity index (χ1n) is 7.42. The highest BCUT2D eigenvalue weighted by molar-refractivity contribution is 5.69. The fraction of sp³-hybridized carbons (Fsp3) is 0.375. The Hall–Kier alpha value is -2.50. The lowest BCUT2D eigenvalue weighted by Gasteiger charge is -2.19. The molecule has 1 aromatic carbocycles. The molecule has 22 heavy (non-hydrogen) atoms. The van der Waals surface area contributed by atoms with Gasteiger partial charge in [0.15, 0.2) is 0 Å². The number of nitrogens with zero attached hydrogens (tertiary/aromatic N) is 4. The summed E-state index contributed by atoms with van der Waals surface area (Å²) in [4.78, 5) is 8.25. The lowest BCUT2D eigenvalue weighted by atomic mass is 9.89. The molecule has 0 atom stereocenters. The molecule has 3 rings (SSSR count). The van der Waals surface area contributed by atoms with E-state index in [4.69, 9.17) is 4.98 Å². The number of aryl methyl sites for hydroxylation is 1. The normalized spacial score (nSPS) is 11.8. The van der Waals surface area contributed by atoms with Gasteiger partial charge in [0.05, 0.1) is 5.69 Å². The number of aromatic nitrogens is 6. The van der Waals surface area contributed by atoms with Crippen molar-refractivity contribution in [2.24, 2.45) is 0 Å². The Morgan fingerprint density at radius 2 is 1.95 bits per heavy atom. The Morgan fingerprint density at radius 3 is 2.64 bits per heavy atom. The molecule has 0 fully saturated rings. The van der Waals surface area contributed by atoms with Crippen LogP contribution in [0.1, 0.15) is 38.7 Å². The summed E-state index contributed by atoms with van der Waals surface area (Å²) in [6.07, 6.45) is 1.03. The Morgan fingerprint density at radius 1 is 1.18 bits per heavy atom. The number of nitrogens with one attached hydrogen (secondary N) is 2. The molecule has 6 heteroatoms. The van der Waals surface area contributed by atoms with Crippen LogP contribution in [0.15, 0.2) is 24.3 Å². The van der Waals surface area contributed by atoms with E-state index in [1.807, 2.05) is 18.2 Å². The van der Waals surface area contributed by atoms with Crippen LogP contribution in [0.4, 0.5) is 0 Å². The van der Waals surface area contributed by atoms with E-state index in [-0.39, 0.29) is 5.41 Å². The van der Waals surface area contributed by atoms with Crippen LogP contribution in [0, 0.1) is 6.92 Å². The van der Waals surface area contributed by atoms with Gasteiger partial charge in [-0.3, -0.25) is 0 Å². The molecule has 114 valence electrons. The first-order valence-corrected chi connectivity index (χ1v) is 7.42. The molecular weight excluding hydrogens is 276 g/mol. The molecule has 0 spiro atoms. The third-order valence-corrected chi connectivity index (χ3v) is 4.15. The van der Waals surface area contributed by atoms with E-state index in [2.05, 4.69) is 59.4 Å². The molecule has 0 saturated heterocycles. The molecule has 2 N–H and O–H groups in total. The fourth-order valence-corrected chi connectivity index (χ4v) is 2.32. The van der Waals surface area contributed by atoms with Gasteiger partial charge in [-0.15, -0.1) is 10.2 Å². The number of hydrogen-bond donors (Lipinski definition) is 2. The van der Waals surface area contributed by atoms with Gasteiger partial charge in [0.2, 0.25) is 5.82 Å². The molecule has 2 heterocycles. The van der Waals surface area contributed by atoms with Gasteiger partial charge in [-0.25, -0.2) is 4.98 Å². The molecule has 0 unspecified atom stereocenters. The van der Waals surface area contributed by atoms with Crippen molar-refractivity contribution < 1.29 is 0 Å². The zero-order valence-electron chi connectivity index (χ0n) is 13.3. The number of rotatable bonds is 4. The second-order valence-corrected chi connectivity index (χ2v) is 6.11. The highest BCUT2D eigenvalue weighted by Crippen LogP contribution is 2.30. The first kappa shape index (κ1) is 14.4. The van der Waals surface area contributed by atoms with Gasteiger partial charge in [0.25, 0.3) is 0 Å². The van der Waals surface area contributed by atoms with Gasteiger partial charge in [0, 0.05) is 22.2 Å². The maximum atomic E-state index is 4.83. The van der Waals surface area contributed by atoms with E-state index in [1.165, 1.54) is 0 Å². The number of benzene rings is 1. The van der Waals surface area contributed by atoms with Gasteiger partial charge >= 0.3 is 0 Å². The maximum absolute atomic E-state index is 4.83. The van der Waals surface area contributed by atoms with Crippen molar-refractivity contribution in [3.05, 3.63) is 35.8 Å². The topological polar surface area (TPSA) is 83.1 Å². The van der Waals surface area contributed by atoms with Crippen LogP contribution in [0.2, 0.25) is 0 Å².